The van der Waals surface area contributed by atoms with E-state index in [0.29, 0.717) is 25.2 Å². The van der Waals surface area contributed by atoms with Gasteiger partial charge in [-0.2, -0.15) is 0 Å². The van der Waals surface area contributed by atoms with Gasteiger partial charge in [-0.25, -0.2) is 0 Å². The molecule has 324 valence electrons. The molecule has 3 atom stereocenters. The number of rotatable bonds is 14. The number of para-hydroxylation sites is 1. The topological polar surface area (TPSA) is 141 Å². The molecule has 1 aromatic heterocycles. The Morgan fingerprint density at radius 1 is 0.649 bits per heavy atom. The number of carbonyl (C=O) groups is 3. The fourth-order valence-electron chi connectivity index (χ4n) is 6.59. The van der Waals surface area contributed by atoms with Gasteiger partial charge >= 0.3 is 0 Å². The lowest BCUT2D eigenvalue weighted by molar-refractivity contribution is -0.129. The van der Waals surface area contributed by atoms with Crippen LogP contribution in [0.5, 0.6) is 0 Å². The highest BCUT2D eigenvalue weighted by atomic mass is 16.1. The van der Waals surface area contributed by atoms with Gasteiger partial charge in [-0.15, -0.1) is 0 Å². The predicted octanol–water partition coefficient (Wildman–Crippen LogP) is 9.68. The molecule has 0 spiro atoms. The average molecular weight is 793 g/mol. The van der Waals surface area contributed by atoms with E-state index in [2.05, 4.69) is 106 Å². The summed E-state index contributed by atoms with van der Waals surface area (Å²) in [6.07, 6.45) is 11.2. The monoisotopic (exact) mass is 793 g/mol. The summed E-state index contributed by atoms with van der Waals surface area (Å²) in [6, 6.07) is 7.84. The summed E-state index contributed by atoms with van der Waals surface area (Å²) >= 11 is 0. The van der Waals surface area contributed by atoms with E-state index in [1.54, 1.807) is 0 Å². The van der Waals surface area contributed by atoms with Crippen LogP contribution in [0.4, 0.5) is 0 Å². The largest absolute Gasteiger partial charge is 0.361 e. The van der Waals surface area contributed by atoms with Crippen molar-refractivity contribution in [2.24, 2.45) is 27.0 Å². The number of hydrogen-bond donors (Lipinski definition) is 5. The van der Waals surface area contributed by atoms with Gasteiger partial charge in [0, 0.05) is 74.7 Å². The molecular formula is C48H84N6O3. The Morgan fingerprint density at radius 3 is 1.51 bits per heavy atom. The van der Waals surface area contributed by atoms with Crippen molar-refractivity contribution in [2.75, 3.05) is 6.54 Å². The molecule has 2 aromatic rings. The number of H-pyrrole nitrogens is 1. The molecule has 3 rings (SSSR count). The van der Waals surface area contributed by atoms with Crippen molar-refractivity contribution >= 4 is 34.5 Å². The number of ketones is 3. The summed E-state index contributed by atoms with van der Waals surface area (Å²) in [4.78, 5) is 45.3. The molecule has 0 radical (unpaired) electrons. The highest BCUT2D eigenvalue weighted by molar-refractivity contribution is 5.91. The number of unbranched alkanes of at least 4 members (excludes halogenated alkanes) is 1. The third-order valence-corrected chi connectivity index (χ3v) is 9.16. The number of aromatic amines is 1. The van der Waals surface area contributed by atoms with Crippen LogP contribution in [0.3, 0.4) is 0 Å². The van der Waals surface area contributed by atoms with Crippen LogP contribution in [0.25, 0.3) is 10.9 Å². The summed E-state index contributed by atoms with van der Waals surface area (Å²) in [6.45, 7) is 37.4. The Hall–Kier alpha value is -2.98. The van der Waals surface area contributed by atoms with Crippen molar-refractivity contribution < 1.29 is 14.4 Å². The number of nitrogens with two attached hydrogens (primary N) is 1. The second-order valence-corrected chi connectivity index (χ2v) is 22.0. The normalized spacial score (nSPS) is 15.5. The highest BCUT2D eigenvalue weighted by Crippen LogP contribution is 2.26. The zero-order chi connectivity index (χ0) is 44.2. The fourth-order valence-corrected chi connectivity index (χ4v) is 6.59. The summed E-state index contributed by atoms with van der Waals surface area (Å²) in [5.74, 6) is 0.803. The zero-order valence-corrected chi connectivity index (χ0v) is 39.5. The molecule has 0 unspecified atom stereocenters. The first-order valence-corrected chi connectivity index (χ1v) is 21.2. The Bertz CT molecular complexity index is 1630. The molecule has 0 saturated heterocycles. The van der Waals surface area contributed by atoms with Crippen LogP contribution in [-0.4, -0.2) is 69.8 Å². The third-order valence-electron chi connectivity index (χ3n) is 9.16. The molecule has 6 N–H and O–H groups in total. The van der Waals surface area contributed by atoms with Gasteiger partial charge in [0.05, 0.1) is 18.1 Å². The van der Waals surface area contributed by atoms with Gasteiger partial charge in [0.1, 0.15) is 0 Å². The van der Waals surface area contributed by atoms with Crippen LogP contribution in [0.2, 0.25) is 0 Å². The van der Waals surface area contributed by atoms with E-state index in [1.165, 1.54) is 10.9 Å². The maximum Gasteiger partial charge on any atom is 0.155 e. The van der Waals surface area contributed by atoms with Gasteiger partial charge < -0.3 is 26.7 Å². The molecule has 1 aliphatic rings. The molecule has 0 saturated carbocycles. The summed E-state index contributed by atoms with van der Waals surface area (Å²) < 4.78 is 0. The Labute approximate surface area is 348 Å². The number of hydrogen-bond acceptors (Lipinski definition) is 8. The fraction of sp³-hybridized carbons (Fsp3) is 0.708. The maximum absolute atomic E-state index is 12.8. The number of carbonyl (C=O) groups excluding carboxylic acids is 3. The number of fused-ring (bicyclic) bond motifs is 1. The van der Waals surface area contributed by atoms with E-state index in [4.69, 9.17) is 5.73 Å². The number of aliphatic imine (C=N–C) groups is 1. The molecule has 57 heavy (non-hydrogen) atoms. The van der Waals surface area contributed by atoms with Crippen LogP contribution in [-0.2, 0) is 20.8 Å². The number of nitrogens with zero attached hydrogens (tertiary/aromatic N) is 1. The number of benzene rings is 1. The standard InChI is InChI=1S/C19H28N2O.C15H26N2O.C14H30N2O/c1-18(2,3)17(22)16(21-19(4,5)6)11-13-12-20-15-10-8-7-9-14(13)15;1-14(2,3)13(18)12(17-15(4,5)6)10-11-8-7-9-16-11;1-13(2,3)12(17)11(9-7-8-10-15)16-14(4,5)6/h7-10,12,16,20-21H,11H2,1-6H3;8-9,12,17H,7,10H2,1-6H3;11,16H,7-10,15H2,1-6H3/t16-;12-;11-/m000/s1. The van der Waals surface area contributed by atoms with Gasteiger partial charge in [-0.05, 0) is 99.8 Å². The first-order chi connectivity index (χ1) is 25.7. The summed E-state index contributed by atoms with van der Waals surface area (Å²) in [7, 11) is 0. The van der Waals surface area contributed by atoms with E-state index in [0.717, 1.165) is 36.9 Å². The average Bonchev–Trinajstić information content (AvgIpc) is 3.70. The van der Waals surface area contributed by atoms with Gasteiger partial charge in [-0.1, -0.05) is 93.0 Å². The lowest BCUT2D eigenvalue weighted by Gasteiger charge is -2.31. The minimum absolute atomic E-state index is 0.0334. The van der Waals surface area contributed by atoms with Gasteiger partial charge in [-0.3, -0.25) is 19.4 Å². The van der Waals surface area contributed by atoms with E-state index >= 15 is 0 Å². The van der Waals surface area contributed by atoms with Gasteiger partial charge in [0.15, 0.2) is 17.3 Å². The molecule has 1 aromatic carbocycles. The van der Waals surface area contributed by atoms with Crippen LogP contribution >= 0.6 is 0 Å². The van der Waals surface area contributed by atoms with Crippen molar-refractivity contribution in [3.8, 4) is 0 Å². The summed E-state index contributed by atoms with van der Waals surface area (Å²) in [5.41, 5.74) is 7.66. The van der Waals surface area contributed by atoms with Gasteiger partial charge in [0.25, 0.3) is 0 Å². The molecule has 9 heteroatoms. The van der Waals surface area contributed by atoms with Gasteiger partial charge in [0.2, 0.25) is 0 Å². The molecule has 2 heterocycles. The van der Waals surface area contributed by atoms with Crippen molar-refractivity contribution in [1.29, 1.82) is 0 Å². The number of Topliss-reactive ketones (excluding diaryl/α,β-unsaturated/α-hetero) is 3. The Morgan fingerprint density at radius 2 is 1.09 bits per heavy atom. The molecule has 1 aliphatic heterocycles. The molecule has 0 aliphatic carbocycles. The van der Waals surface area contributed by atoms with E-state index in [9.17, 15) is 14.4 Å². The molecule has 9 nitrogen and oxygen atoms in total. The minimum Gasteiger partial charge on any atom is -0.361 e. The van der Waals surface area contributed by atoms with E-state index < -0.39 is 0 Å². The van der Waals surface area contributed by atoms with Crippen LogP contribution in [0.15, 0.2) is 47.2 Å². The zero-order valence-electron chi connectivity index (χ0n) is 39.5. The van der Waals surface area contributed by atoms with Crippen LogP contribution in [0, 0.1) is 16.2 Å². The lowest BCUT2D eigenvalue weighted by atomic mass is 9.83. The third kappa shape index (κ3) is 20.5. The molecule has 0 amide bonds. The first kappa shape index (κ1) is 52.0. The summed E-state index contributed by atoms with van der Waals surface area (Å²) in [5, 5.41) is 11.6. The Balaban J connectivity index is 0.000000433. The Kier molecular flexibility index (Phi) is 19.5. The predicted molar refractivity (Wildman–Crippen MR) is 244 cm³/mol. The number of nitrogens with one attached hydrogen (secondary N) is 4. The molecular weight excluding hydrogens is 709 g/mol. The van der Waals surface area contributed by atoms with Crippen LogP contribution in [0.1, 0.15) is 162 Å². The smallest absolute Gasteiger partial charge is 0.155 e. The van der Waals surface area contributed by atoms with Crippen molar-refractivity contribution in [2.45, 2.75) is 198 Å². The second kappa shape index (κ2) is 21.3. The number of aromatic nitrogens is 1. The van der Waals surface area contributed by atoms with E-state index in [1.807, 2.05) is 86.9 Å². The van der Waals surface area contributed by atoms with Crippen LogP contribution < -0.4 is 21.7 Å². The molecule has 0 bridgehead atoms. The lowest BCUT2D eigenvalue weighted by Crippen LogP contribution is -2.51. The minimum atomic E-state index is -0.352. The van der Waals surface area contributed by atoms with Crippen molar-refractivity contribution in [3.05, 3.63) is 47.8 Å². The highest BCUT2D eigenvalue weighted by Gasteiger charge is 2.34. The van der Waals surface area contributed by atoms with Crippen molar-refractivity contribution in [1.82, 2.24) is 20.9 Å². The first-order valence-electron chi connectivity index (χ1n) is 21.2. The SMILES string of the molecule is CC(C)(C)N[C@@H](CC1=CCC=N1)C(=O)C(C)(C)C.CC(C)(C)N[C@@H](CCCCN)C(=O)C(C)(C)C.CC(C)(C)N[C@@H](Cc1c[nH]c2ccccc12)C(=O)C(C)(C)C. The quantitative estimate of drug-likeness (QED) is 0.120. The molecule has 0 fully saturated rings. The van der Waals surface area contributed by atoms with E-state index in [-0.39, 0.29) is 62.6 Å². The second-order valence-electron chi connectivity index (χ2n) is 22.0. The maximum atomic E-state index is 12.8. The van der Waals surface area contributed by atoms with Crippen molar-refractivity contribution in [3.63, 3.8) is 0 Å². The number of allylic oxidation sites excluding steroid dienone is 1.